The van der Waals surface area contributed by atoms with Gasteiger partial charge in [-0.25, -0.2) is 0 Å². The van der Waals surface area contributed by atoms with Crippen LogP contribution in [0.1, 0.15) is 13.3 Å². The van der Waals surface area contributed by atoms with Gasteiger partial charge in [-0.15, -0.1) is 11.6 Å². The van der Waals surface area contributed by atoms with Crippen LogP contribution in [0.2, 0.25) is 0 Å². The Bertz CT molecular complexity index is 63.9. The van der Waals surface area contributed by atoms with Gasteiger partial charge in [0.25, 0.3) is 0 Å². The zero-order valence-corrected chi connectivity index (χ0v) is 7.28. The Morgan fingerprint density at radius 3 is 2.33 bits per heavy atom. The molecule has 0 fully saturated rings. The van der Waals surface area contributed by atoms with Crippen molar-refractivity contribution in [1.29, 1.82) is 0 Å². The zero-order valence-electron chi connectivity index (χ0n) is 6.52. The summed E-state index contributed by atoms with van der Waals surface area (Å²) in [6.07, 6.45) is 1.12. The van der Waals surface area contributed by atoms with E-state index in [0.717, 1.165) is 24.8 Å². The predicted molar refractivity (Wildman–Crippen MR) is 43.1 cm³/mol. The summed E-state index contributed by atoms with van der Waals surface area (Å²) in [5.74, 6) is 1.52. The van der Waals surface area contributed by atoms with Gasteiger partial charge < -0.3 is 4.90 Å². The molecule has 0 aromatic heterocycles. The molecule has 1 atom stereocenters. The molecular weight excluding hydrogens is 134 g/mol. The second-order valence-electron chi connectivity index (χ2n) is 2.85. The number of alkyl halides is 1. The third-order valence-corrected chi connectivity index (χ3v) is 1.50. The van der Waals surface area contributed by atoms with Crippen molar-refractivity contribution < 1.29 is 0 Å². The van der Waals surface area contributed by atoms with Crippen LogP contribution in [0.15, 0.2) is 0 Å². The summed E-state index contributed by atoms with van der Waals surface area (Å²) in [6.45, 7) is 3.37. The van der Waals surface area contributed by atoms with Gasteiger partial charge in [0.1, 0.15) is 0 Å². The molecule has 2 heteroatoms. The molecule has 1 nitrogen and oxygen atoms in total. The lowest BCUT2D eigenvalue weighted by molar-refractivity contribution is 0.335. The highest BCUT2D eigenvalue weighted by Gasteiger charge is 2.00. The fourth-order valence-corrected chi connectivity index (χ4v) is 1.27. The molecule has 0 bridgehead atoms. The van der Waals surface area contributed by atoms with Gasteiger partial charge in [0, 0.05) is 12.4 Å². The van der Waals surface area contributed by atoms with Crippen LogP contribution >= 0.6 is 11.6 Å². The molecule has 9 heavy (non-hydrogen) atoms. The van der Waals surface area contributed by atoms with Crippen molar-refractivity contribution >= 4 is 11.6 Å². The Kier molecular flexibility index (Phi) is 5.21. The molecular formula is C7H16ClN. The minimum atomic E-state index is 0.734. The molecule has 0 aliphatic heterocycles. The summed E-state index contributed by atoms with van der Waals surface area (Å²) in [5.41, 5.74) is 0. The van der Waals surface area contributed by atoms with E-state index < -0.39 is 0 Å². The maximum atomic E-state index is 5.56. The van der Waals surface area contributed by atoms with Crippen LogP contribution in [0.3, 0.4) is 0 Å². The van der Waals surface area contributed by atoms with E-state index in [-0.39, 0.29) is 0 Å². The number of rotatable bonds is 4. The quantitative estimate of drug-likeness (QED) is 0.552. The van der Waals surface area contributed by atoms with Gasteiger partial charge in [-0.05, 0) is 26.4 Å². The van der Waals surface area contributed by atoms with Crippen LogP contribution < -0.4 is 0 Å². The first-order chi connectivity index (χ1) is 4.16. The maximum absolute atomic E-state index is 5.56. The Hall–Kier alpha value is 0.250. The minimum Gasteiger partial charge on any atom is -0.309 e. The first-order valence-corrected chi connectivity index (χ1v) is 3.91. The van der Waals surface area contributed by atoms with Crippen molar-refractivity contribution in [1.82, 2.24) is 4.90 Å². The highest BCUT2D eigenvalue weighted by atomic mass is 35.5. The van der Waals surface area contributed by atoms with Gasteiger partial charge in [0.05, 0.1) is 0 Å². The van der Waals surface area contributed by atoms with Gasteiger partial charge in [0.2, 0.25) is 0 Å². The second-order valence-corrected chi connectivity index (χ2v) is 3.22. The monoisotopic (exact) mass is 149 g/mol. The van der Waals surface area contributed by atoms with Crippen LogP contribution in [0, 0.1) is 5.92 Å². The van der Waals surface area contributed by atoms with E-state index in [0.29, 0.717) is 0 Å². The Labute approximate surface area is 63.0 Å². The highest BCUT2D eigenvalue weighted by molar-refractivity contribution is 6.17. The van der Waals surface area contributed by atoms with Crippen molar-refractivity contribution in [2.75, 3.05) is 26.5 Å². The number of halogens is 1. The summed E-state index contributed by atoms with van der Waals surface area (Å²) < 4.78 is 0. The summed E-state index contributed by atoms with van der Waals surface area (Å²) in [7, 11) is 4.18. The fraction of sp³-hybridized carbons (Fsp3) is 1.00. The number of hydrogen-bond donors (Lipinski definition) is 0. The van der Waals surface area contributed by atoms with Gasteiger partial charge in [0.15, 0.2) is 0 Å². The van der Waals surface area contributed by atoms with Crippen LogP contribution in [0.25, 0.3) is 0 Å². The molecule has 0 aliphatic rings. The van der Waals surface area contributed by atoms with Crippen LogP contribution in [-0.4, -0.2) is 31.4 Å². The summed E-state index contributed by atoms with van der Waals surface area (Å²) in [6, 6.07) is 0. The molecule has 0 spiro atoms. The summed E-state index contributed by atoms with van der Waals surface area (Å²) in [4.78, 5) is 2.19. The van der Waals surface area contributed by atoms with Crippen molar-refractivity contribution in [3.05, 3.63) is 0 Å². The lowest BCUT2D eigenvalue weighted by Crippen LogP contribution is -2.19. The smallest absolute Gasteiger partial charge is 0.0226 e. The third-order valence-electron chi connectivity index (χ3n) is 1.28. The molecule has 0 rings (SSSR count). The van der Waals surface area contributed by atoms with Gasteiger partial charge in [-0.3, -0.25) is 0 Å². The number of hydrogen-bond acceptors (Lipinski definition) is 1. The normalized spacial score (nSPS) is 14.3. The highest BCUT2D eigenvalue weighted by Crippen LogP contribution is 2.03. The molecule has 0 unspecified atom stereocenters. The van der Waals surface area contributed by atoms with E-state index in [2.05, 4.69) is 25.9 Å². The van der Waals surface area contributed by atoms with Crippen LogP contribution in [0.5, 0.6) is 0 Å². The molecule has 0 heterocycles. The van der Waals surface area contributed by atoms with Crippen molar-refractivity contribution in [2.24, 2.45) is 5.92 Å². The van der Waals surface area contributed by atoms with Crippen LogP contribution in [0.4, 0.5) is 0 Å². The SMILES string of the molecule is C[C@@H](CCCl)CN(C)C. The first kappa shape index (κ1) is 9.25. The molecule has 0 aromatic rings. The second kappa shape index (κ2) is 5.07. The van der Waals surface area contributed by atoms with Crippen molar-refractivity contribution in [3.63, 3.8) is 0 Å². The number of nitrogens with zero attached hydrogens (tertiary/aromatic N) is 1. The van der Waals surface area contributed by atoms with E-state index in [1.165, 1.54) is 0 Å². The van der Waals surface area contributed by atoms with Crippen molar-refractivity contribution in [2.45, 2.75) is 13.3 Å². The fourth-order valence-electron chi connectivity index (χ4n) is 0.901. The van der Waals surface area contributed by atoms with Crippen LogP contribution in [-0.2, 0) is 0 Å². The lowest BCUT2D eigenvalue weighted by atomic mass is 10.1. The Balaban J connectivity index is 3.15. The van der Waals surface area contributed by atoms with Gasteiger partial charge >= 0.3 is 0 Å². The topological polar surface area (TPSA) is 3.24 Å². The molecule has 0 amide bonds. The summed E-state index contributed by atoms with van der Waals surface area (Å²) >= 11 is 5.56. The zero-order chi connectivity index (χ0) is 7.28. The van der Waals surface area contributed by atoms with Crippen molar-refractivity contribution in [3.8, 4) is 0 Å². The van der Waals surface area contributed by atoms with E-state index in [1.807, 2.05) is 0 Å². The predicted octanol–water partition coefficient (Wildman–Crippen LogP) is 1.81. The lowest BCUT2D eigenvalue weighted by Gasteiger charge is -2.14. The van der Waals surface area contributed by atoms with E-state index >= 15 is 0 Å². The van der Waals surface area contributed by atoms with E-state index in [9.17, 15) is 0 Å². The summed E-state index contributed by atoms with van der Waals surface area (Å²) in [5, 5.41) is 0. The first-order valence-electron chi connectivity index (χ1n) is 3.37. The average molecular weight is 150 g/mol. The largest absolute Gasteiger partial charge is 0.309 e. The standard InChI is InChI=1S/C7H16ClN/c1-7(4-5-8)6-9(2)3/h7H,4-6H2,1-3H3/t7-/m0/s1. The molecule has 0 aromatic carbocycles. The van der Waals surface area contributed by atoms with E-state index in [1.54, 1.807) is 0 Å². The third kappa shape index (κ3) is 6.13. The molecule has 0 saturated heterocycles. The molecule has 0 aliphatic carbocycles. The Morgan fingerprint density at radius 1 is 1.44 bits per heavy atom. The average Bonchev–Trinajstić information content (AvgIpc) is 1.63. The maximum Gasteiger partial charge on any atom is 0.0226 e. The molecule has 0 N–H and O–H groups in total. The van der Waals surface area contributed by atoms with Gasteiger partial charge in [-0.2, -0.15) is 0 Å². The molecule has 0 saturated carbocycles. The molecule has 0 radical (unpaired) electrons. The Morgan fingerprint density at radius 2 is 2.00 bits per heavy atom. The minimum absolute atomic E-state index is 0.734. The van der Waals surface area contributed by atoms with E-state index in [4.69, 9.17) is 11.6 Å². The molecule has 56 valence electrons. The van der Waals surface area contributed by atoms with Gasteiger partial charge in [-0.1, -0.05) is 6.92 Å².